The maximum atomic E-state index is 5.00. The van der Waals surface area contributed by atoms with Gasteiger partial charge in [-0.25, -0.2) is 4.98 Å². The Kier molecular flexibility index (Phi) is 2.87. The molecule has 12 heavy (non-hydrogen) atoms. The second-order valence-corrected chi connectivity index (χ2v) is 3.21. The molecule has 0 saturated heterocycles. The Hall–Kier alpha value is -0.830. The molecule has 0 N–H and O–H groups in total. The number of hydrogen-bond donors (Lipinski definition) is 0. The molecule has 0 aromatic carbocycles. The van der Waals surface area contributed by atoms with E-state index in [-0.39, 0.29) is 0 Å². The molecule has 0 unspecified atom stereocenters. The summed E-state index contributed by atoms with van der Waals surface area (Å²) in [5, 5.41) is 0. The van der Waals surface area contributed by atoms with Crippen molar-refractivity contribution >= 4 is 0 Å². The zero-order valence-electron chi connectivity index (χ0n) is 8.16. The first-order valence-corrected chi connectivity index (χ1v) is 4.18. The fourth-order valence-corrected chi connectivity index (χ4v) is 1.29. The van der Waals surface area contributed by atoms with Crippen LogP contribution in [-0.2, 0) is 11.3 Å². The summed E-state index contributed by atoms with van der Waals surface area (Å²) in [6, 6.07) is 0.475. The second kappa shape index (κ2) is 3.72. The minimum Gasteiger partial charge on any atom is -0.378 e. The SMILES string of the molecule is COCc1cn(C(C)C)c(C)n1. The lowest BCUT2D eigenvalue weighted by atomic mass is 10.4. The number of aryl methyl sites for hydroxylation is 1. The van der Waals surface area contributed by atoms with Crippen molar-refractivity contribution in [3.05, 3.63) is 17.7 Å². The summed E-state index contributed by atoms with van der Waals surface area (Å²) in [5.74, 6) is 1.05. The highest BCUT2D eigenvalue weighted by atomic mass is 16.5. The van der Waals surface area contributed by atoms with Crippen LogP contribution < -0.4 is 0 Å². The van der Waals surface area contributed by atoms with E-state index in [4.69, 9.17) is 4.74 Å². The third-order valence-corrected chi connectivity index (χ3v) is 1.82. The number of ether oxygens (including phenoxy) is 1. The van der Waals surface area contributed by atoms with Gasteiger partial charge in [-0.2, -0.15) is 0 Å². The molecule has 1 heterocycles. The minimum absolute atomic E-state index is 0.475. The minimum atomic E-state index is 0.475. The fourth-order valence-electron chi connectivity index (χ4n) is 1.29. The summed E-state index contributed by atoms with van der Waals surface area (Å²) < 4.78 is 7.15. The van der Waals surface area contributed by atoms with Gasteiger partial charge in [0.1, 0.15) is 5.82 Å². The highest BCUT2D eigenvalue weighted by Crippen LogP contribution is 2.10. The quantitative estimate of drug-likeness (QED) is 0.689. The van der Waals surface area contributed by atoms with Gasteiger partial charge in [0.25, 0.3) is 0 Å². The highest BCUT2D eigenvalue weighted by Gasteiger charge is 2.05. The molecule has 3 heteroatoms. The van der Waals surface area contributed by atoms with Gasteiger partial charge >= 0.3 is 0 Å². The van der Waals surface area contributed by atoms with E-state index in [9.17, 15) is 0 Å². The summed E-state index contributed by atoms with van der Waals surface area (Å²) in [7, 11) is 1.68. The third-order valence-electron chi connectivity index (χ3n) is 1.82. The van der Waals surface area contributed by atoms with E-state index in [2.05, 4.69) is 23.4 Å². The van der Waals surface area contributed by atoms with Crippen LogP contribution in [0.25, 0.3) is 0 Å². The lowest BCUT2D eigenvalue weighted by molar-refractivity contribution is 0.181. The van der Waals surface area contributed by atoms with Crippen molar-refractivity contribution in [1.82, 2.24) is 9.55 Å². The summed E-state index contributed by atoms with van der Waals surface area (Å²) >= 11 is 0. The molecule has 0 amide bonds. The molecule has 0 saturated carbocycles. The van der Waals surface area contributed by atoms with Gasteiger partial charge in [0, 0.05) is 19.3 Å². The number of hydrogen-bond acceptors (Lipinski definition) is 2. The van der Waals surface area contributed by atoms with Gasteiger partial charge in [-0.1, -0.05) is 0 Å². The Bertz CT molecular complexity index is 253. The normalized spacial score (nSPS) is 11.1. The molecule has 0 radical (unpaired) electrons. The second-order valence-electron chi connectivity index (χ2n) is 3.21. The van der Waals surface area contributed by atoms with Crippen molar-refractivity contribution in [2.24, 2.45) is 0 Å². The van der Waals surface area contributed by atoms with E-state index >= 15 is 0 Å². The first-order chi connectivity index (χ1) is 5.65. The number of rotatable bonds is 3. The fraction of sp³-hybridized carbons (Fsp3) is 0.667. The Morgan fingerprint density at radius 1 is 1.58 bits per heavy atom. The molecular weight excluding hydrogens is 152 g/mol. The number of aromatic nitrogens is 2. The van der Waals surface area contributed by atoms with Gasteiger partial charge in [0.15, 0.2) is 0 Å². The van der Waals surface area contributed by atoms with Crippen LogP contribution in [0, 0.1) is 6.92 Å². The van der Waals surface area contributed by atoms with Crippen LogP contribution in [0.1, 0.15) is 31.4 Å². The van der Waals surface area contributed by atoms with Gasteiger partial charge < -0.3 is 9.30 Å². The molecular formula is C9H16N2O. The molecule has 0 bridgehead atoms. The largest absolute Gasteiger partial charge is 0.378 e. The maximum absolute atomic E-state index is 5.00. The molecule has 1 aromatic heterocycles. The summed E-state index contributed by atoms with van der Waals surface area (Å²) in [6.45, 7) is 6.90. The number of methoxy groups -OCH3 is 1. The van der Waals surface area contributed by atoms with Crippen molar-refractivity contribution in [1.29, 1.82) is 0 Å². The van der Waals surface area contributed by atoms with Gasteiger partial charge in [-0.05, 0) is 20.8 Å². The molecule has 3 nitrogen and oxygen atoms in total. The van der Waals surface area contributed by atoms with Crippen LogP contribution in [0.2, 0.25) is 0 Å². The van der Waals surface area contributed by atoms with Gasteiger partial charge in [0.05, 0.1) is 12.3 Å². The van der Waals surface area contributed by atoms with Crippen molar-refractivity contribution in [3.8, 4) is 0 Å². The molecule has 0 fully saturated rings. The van der Waals surface area contributed by atoms with E-state index in [1.807, 2.05) is 13.1 Å². The van der Waals surface area contributed by atoms with E-state index in [1.165, 1.54) is 0 Å². The summed E-state index contributed by atoms with van der Waals surface area (Å²) in [6.07, 6.45) is 2.05. The molecule has 0 aliphatic heterocycles. The lowest BCUT2D eigenvalue weighted by Crippen LogP contribution is -2.00. The van der Waals surface area contributed by atoms with E-state index in [1.54, 1.807) is 7.11 Å². The first kappa shape index (κ1) is 9.26. The standard InChI is InChI=1S/C9H16N2O/c1-7(2)11-5-9(6-12-4)10-8(11)3/h5,7H,6H2,1-4H3. The zero-order chi connectivity index (χ0) is 9.14. The number of imidazole rings is 1. The Balaban J connectivity index is 2.85. The number of nitrogens with zero attached hydrogens (tertiary/aromatic N) is 2. The molecule has 1 rings (SSSR count). The topological polar surface area (TPSA) is 27.1 Å². The predicted octanol–water partition coefficient (Wildman–Crippen LogP) is 1.92. The zero-order valence-corrected chi connectivity index (χ0v) is 8.16. The van der Waals surface area contributed by atoms with Crippen molar-refractivity contribution < 1.29 is 4.74 Å². The van der Waals surface area contributed by atoms with Crippen LogP contribution in [0.5, 0.6) is 0 Å². The van der Waals surface area contributed by atoms with Crippen molar-refractivity contribution in [2.45, 2.75) is 33.4 Å². The summed E-state index contributed by atoms with van der Waals surface area (Å²) in [5.41, 5.74) is 1.00. The van der Waals surface area contributed by atoms with Crippen LogP contribution in [0.3, 0.4) is 0 Å². The third kappa shape index (κ3) is 1.85. The van der Waals surface area contributed by atoms with Crippen LogP contribution in [-0.4, -0.2) is 16.7 Å². The first-order valence-electron chi connectivity index (χ1n) is 4.18. The van der Waals surface area contributed by atoms with Crippen LogP contribution in [0.4, 0.5) is 0 Å². The maximum Gasteiger partial charge on any atom is 0.106 e. The smallest absolute Gasteiger partial charge is 0.106 e. The van der Waals surface area contributed by atoms with Gasteiger partial charge in [-0.3, -0.25) is 0 Å². The average Bonchev–Trinajstić information content (AvgIpc) is 2.32. The van der Waals surface area contributed by atoms with E-state index < -0.39 is 0 Å². The molecule has 0 aliphatic carbocycles. The molecule has 0 spiro atoms. The molecule has 68 valence electrons. The monoisotopic (exact) mass is 168 g/mol. The molecule has 0 atom stereocenters. The molecule has 0 aliphatic rings. The predicted molar refractivity (Wildman–Crippen MR) is 48.1 cm³/mol. The average molecular weight is 168 g/mol. The van der Waals surface area contributed by atoms with E-state index in [0.29, 0.717) is 12.6 Å². The van der Waals surface area contributed by atoms with Crippen molar-refractivity contribution in [2.75, 3.05) is 7.11 Å². The Labute approximate surface area is 73.4 Å². The Morgan fingerprint density at radius 3 is 2.67 bits per heavy atom. The summed E-state index contributed by atoms with van der Waals surface area (Å²) in [4.78, 5) is 4.36. The lowest BCUT2D eigenvalue weighted by Gasteiger charge is -2.07. The van der Waals surface area contributed by atoms with Crippen LogP contribution >= 0.6 is 0 Å². The van der Waals surface area contributed by atoms with Crippen molar-refractivity contribution in [3.63, 3.8) is 0 Å². The van der Waals surface area contributed by atoms with Crippen LogP contribution in [0.15, 0.2) is 6.20 Å². The van der Waals surface area contributed by atoms with Gasteiger partial charge in [-0.15, -0.1) is 0 Å². The van der Waals surface area contributed by atoms with Gasteiger partial charge in [0.2, 0.25) is 0 Å². The molecule has 1 aromatic rings. The highest BCUT2D eigenvalue weighted by molar-refractivity contribution is 5.02. The Morgan fingerprint density at radius 2 is 2.25 bits per heavy atom. The van der Waals surface area contributed by atoms with E-state index in [0.717, 1.165) is 11.5 Å².